The van der Waals surface area contributed by atoms with E-state index in [9.17, 15) is 0 Å². The Morgan fingerprint density at radius 3 is 3.05 bits per heavy atom. The molecule has 19 heavy (non-hydrogen) atoms. The number of piperazine rings is 1. The largest absolute Gasteiger partial charge is 0.496 e. The van der Waals surface area contributed by atoms with Gasteiger partial charge in [-0.25, -0.2) is 0 Å². The number of methoxy groups -OCH3 is 1. The van der Waals surface area contributed by atoms with Crippen LogP contribution >= 0.6 is 0 Å². The topological polar surface area (TPSA) is 36.5 Å². The lowest BCUT2D eigenvalue weighted by atomic mass is 10.1. The normalized spacial score (nSPS) is 20.4. The van der Waals surface area contributed by atoms with Gasteiger partial charge in [-0.1, -0.05) is 18.2 Å². The quantitative estimate of drug-likeness (QED) is 0.753. The van der Waals surface area contributed by atoms with Gasteiger partial charge in [0, 0.05) is 37.8 Å². The highest BCUT2D eigenvalue weighted by molar-refractivity contribution is 5.32. The van der Waals surface area contributed by atoms with Crippen LogP contribution in [0.15, 0.2) is 24.3 Å². The second-order valence-electron chi connectivity index (χ2n) is 5.12. The Hall–Kier alpha value is -1.10. The van der Waals surface area contributed by atoms with E-state index in [1.54, 1.807) is 7.11 Å². The maximum Gasteiger partial charge on any atom is 0.123 e. The van der Waals surface area contributed by atoms with E-state index in [1.165, 1.54) is 12.0 Å². The van der Waals surface area contributed by atoms with Gasteiger partial charge in [0.05, 0.1) is 7.11 Å². The van der Waals surface area contributed by atoms with Crippen LogP contribution < -0.4 is 15.4 Å². The first-order chi connectivity index (χ1) is 9.31. The van der Waals surface area contributed by atoms with Crippen LogP contribution in [0.3, 0.4) is 0 Å². The van der Waals surface area contributed by atoms with Crippen molar-refractivity contribution in [2.75, 3.05) is 40.3 Å². The zero-order valence-electron chi connectivity index (χ0n) is 12.0. The number of nitrogens with zero attached hydrogens (tertiary/aromatic N) is 1. The number of ether oxygens (including phenoxy) is 1. The molecule has 1 aliphatic rings. The Labute approximate surface area is 116 Å². The molecule has 1 unspecified atom stereocenters. The van der Waals surface area contributed by atoms with E-state index in [2.05, 4.69) is 34.7 Å². The van der Waals surface area contributed by atoms with Crippen LogP contribution in [-0.4, -0.2) is 51.3 Å². The molecule has 1 fully saturated rings. The molecule has 1 aromatic rings. The van der Waals surface area contributed by atoms with Crippen molar-refractivity contribution < 1.29 is 4.74 Å². The SMILES string of the molecule is COc1ccccc1CNCCC1CNCCN1C. The van der Waals surface area contributed by atoms with Crippen LogP contribution in [0.4, 0.5) is 0 Å². The van der Waals surface area contributed by atoms with Crippen molar-refractivity contribution in [2.24, 2.45) is 0 Å². The molecule has 1 heterocycles. The Morgan fingerprint density at radius 2 is 2.26 bits per heavy atom. The molecule has 0 bridgehead atoms. The van der Waals surface area contributed by atoms with E-state index >= 15 is 0 Å². The van der Waals surface area contributed by atoms with Gasteiger partial charge in [0.2, 0.25) is 0 Å². The van der Waals surface area contributed by atoms with Gasteiger partial charge in [0.15, 0.2) is 0 Å². The fourth-order valence-corrected chi connectivity index (χ4v) is 2.53. The van der Waals surface area contributed by atoms with Crippen molar-refractivity contribution in [1.82, 2.24) is 15.5 Å². The van der Waals surface area contributed by atoms with Crippen LogP contribution in [0.2, 0.25) is 0 Å². The molecule has 0 amide bonds. The van der Waals surface area contributed by atoms with Gasteiger partial charge in [-0.3, -0.25) is 0 Å². The number of hydrogen-bond donors (Lipinski definition) is 2. The van der Waals surface area contributed by atoms with Crippen molar-refractivity contribution in [2.45, 2.75) is 19.0 Å². The average molecular weight is 263 g/mol. The van der Waals surface area contributed by atoms with Gasteiger partial charge in [-0.15, -0.1) is 0 Å². The lowest BCUT2D eigenvalue weighted by Gasteiger charge is -2.33. The maximum atomic E-state index is 5.35. The fraction of sp³-hybridized carbons (Fsp3) is 0.600. The van der Waals surface area contributed by atoms with Crippen LogP contribution in [0.1, 0.15) is 12.0 Å². The van der Waals surface area contributed by atoms with Crippen molar-refractivity contribution in [3.05, 3.63) is 29.8 Å². The molecule has 4 heteroatoms. The molecule has 0 aliphatic carbocycles. The lowest BCUT2D eigenvalue weighted by Crippen LogP contribution is -2.50. The number of hydrogen-bond acceptors (Lipinski definition) is 4. The van der Waals surface area contributed by atoms with E-state index < -0.39 is 0 Å². The zero-order valence-corrected chi connectivity index (χ0v) is 12.0. The molecule has 0 radical (unpaired) electrons. The third kappa shape index (κ3) is 4.20. The Morgan fingerprint density at radius 1 is 1.42 bits per heavy atom. The fourth-order valence-electron chi connectivity index (χ4n) is 2.53. The molecule has 2 N–H and O–H groups in total. The summed E-state index contributed by atoms with van der Waals surface area (Å²) < 4.78 is 5.35. The molecule has 1 aliphatic heterocycles. The molecular weight excluding hydrogens is 238 g/mol. The summed E-state index contributed by atoms with van der Waals surface area (Å²) in [6, 6.07) is 8.83. The van der Waals surface area contributed by atoms with E-state index in [1.807, 2.05) is 12.1 Å². The van der Waals surface area contributed by atoms with Crippen molar-refractivity contribution in [3.8, 4) is 5.75 Å². The van der Waals surface area contributed by atoms with Gasteiger partial charge in [0.25, 0.3) is 0 Å². The monoisotopic (exact) mass is 263 g/mol. The van der Waals surface area contributed by atoms with Crippen molar-refractivity contribution >= 4 is 0 Å². The number of nitrogens with one attached hydrogen (secondary N) is 2. The highest BCUT2D eigenvalue weighted by Crippen LogP contribution is 2.16. The second-order valence-corrected chi connectivity index (χ2v) is 5.12. The number of likely N-dealkylation sites (N-methyl/N-ethyl adjacent to an activating group) is 1. The highest BCUT2D eigenvalue weighted by atomic mass is 16.5. The van der Waals surface area contributed by atoms with Gasteiger partial charge < -0.3 is 20.3 Å². The molecule has 106 valence electrons. The predicted octanol–water partition coefficient (Wildman–Crippen LogP) is 1.08. The van der Waals surface area contributed by atoms with E-state index in [0.717, 1.165) is 38.5 Å². The zero-order chi connectivity index (χ0) is 13.5. The first kappa shape index (κ1) is 14.3. The Kier molecular flexibility index (Phi) is 5.63. The molecule has 1 atom stereocenters. The van der Waals surface area contributed by atoms with E-state index in [0.29, 0.717) is 6.04 Å². The van der Waals surface area contributed by atoms with E-state index in [4.69, 9.17) is 4.74 Å². The molecule has 0 aromatic heterocycles. The van der Waals surface area contributed by atoms with Crippen molar-refractivity contribution in [1.29, 1.82) is 0 Å². The first-order valence-electron chi connectivity index (χ1n) is 7.05. The van der Waals surface area contributed by atoms with Gasteiger partial charge in [-0.2, -0.15) is 0 Å². The number of para-hydroxylation sites is 1. The lowest BCUT2D eigenvalue weighted by molar-refractivity contribution is 0.189. The van der Waals surface area contributed by atoms with Crippen LogP contribution in [-0.2, 0) is 6.54 Å². The van der Waals surface area contributed by atoms with Crippen molar-refractivity contribution in [3.63, 3.8) is 0 Å². The van der Waals surface area contributed by atoms with Crippen LogP contribution in [0.25, 0.3) is 0 Å². The predicted molar refractivity (Wildman–Crippen MR) is 78.6 cm³/mol. The minimum Gasteiger partial charge on any atom is -0.496 e. The third-order valence-corrected chi connectivity index (χ3v) is 3.81. The second kappa shape index (κ2) is 7.48. The summed E-state index contributed by atoms with van der Waals surface area (Å²) in [5, 5.41) is 6.96. The molecule has 1 saturated heterocycles. The average Bonchev–Trinajstić information content (AvgIpc) is 2.45. The summed E-state index contributed by atoms with van der Waals surface area (Å²) in [6.07, 6.45) is 1.18. The number of benzene rings is 1. The van der Waals surface area contributed by atoms with Gasteiger partial charge in [-0.05, 0) is 26.1 Å². The molecular formula is C15H25N3O. The Balaban J connectivity index is 1.71. The van der Waals surface area contributed by atoms with Crippen LogP contribution in [0, 0.1) is 0 Å². The minimum atomic E-state index is 0.652. The summed E-state index contributed by atoms with van der Waals surface area (Å²) >= 11 is 0. The molecule has 1 aromatic carbocycles. The molecule has 0 saturated carbocycles. The molecule has 4 nitrogen and oxygen atoms in total. The standard InChI is InChI=1S/C15H25N3O/c1-18-10-9-17-12-14(18)7-8-16-11-13-5-3-4-6-15(13)19-2/h3-6,14,16-17H,7-12H2,1-2H3. The molecule has 2 rings (SSSR count). The summed E-state index contributed by atoms with van der Waals surface area (Å²) in [4.78, 5) is 2.45. The van der Waals surface area contributed by atoms with Crippen LogP contribution in [0.5, 0.6) is 5.75 Å². The summed E-state index contributed by atoms with van der Waals surface area (Å²) in [5.41, 5.74) is 1.22. The smallest absolute Gasteiger partial charge is 0.123 e. The number of rotatable bonds is 6. The summed E-state index contributed by atoms with van der Waals surface area (Å²) in [5.74, 6) is 0.964. The maximum absolute atomic E-state index is 5.35. The van der Waals surface area contributed by atoms with E-state index in [-0.39, 0.29) is 0 Å². The minimum absolute atomic E-state index is 0.652. The van der Waals surface area contributed by atoms with Gasteiger partial charge >= 0.3 is 0 Å². The highest BCUT2D eigenvalue weighted by Gasteiger charge is 2.17. The Bertz CT molecular complexity index is 383. The van der Waals surface area contributed by atoms with Gasteiger partial charge in [0.1, 0.15) is 5.75 Å². The summed E-state index contributed by atoms with van der Waals surface area (Å²) in [7, 11) is 3.94. The first-order valence-corrected chi connectivity index (χ1v) is 7.05. The molecule has 0 spiro atoms. The third-order valence-electron chi connectivity index (χ3n) is 3.81. The summed E-state index contributed by atoms with van der Waals surface area (Å²) in [6.45, 7) is 5.27.